The van der Waals surface area contributed by atoms with Crippen molar-refractivity contribution in [2.75, 3.05) is 6.61 Å². The van der Waals surface area contributed by atoms with Gasteiger partial charge in [0.05, 0.1) is 6.61 Å². The minimum Gasteiger partial charge on any atom is -0.460 e. The van der Waals surface area contributed by atoms with Gasteiger partial charge in [0, 0.05) is 0 Å². The van der Waals surface area contributed by atoms with Gasteiger partial charge in [0.15, 0.2) is 0 Å². The molecule has 106 valence electrons. The van der Waals surface area contributed by atoms with E-state index in [1.165, 1.54) is 20.8 Å². The maximum Gasteiger partial charge on any atom is 0.534 e. The van der Waals surface area contributed by atoms with Crippen LogP contribution in [0.25, 0.3) is 0 Å². The van der Waals surface area contributed by atoms with Crippen LogP contribution in [0.15, 0.2) is 11.8 Å². The summed E-state index contributed by atoms with van der Waals surface area (Å²) in [6, 6.07) is 0. The molecule has 0 aromatic rings. The zero-order valence-electron chi connectivity index (χ0n) is 9.95. The molecule has 0 aliphatic carbocycles. The van der Waals surface area contributed by atoms with Crippen molar-refractivity contribution in [2.45, 2.75) is 26.3 Å². The summed E-state index contributed by atoms with van der Waals surface area (Å²) in [5, 5.41) is 0. The number of hydrogen-bond acceptors (Lipinski definition) is 5. The van der Waals surface area contributed by atoms with Gasteiger partial charge in [-0.05, 0) is 18.9 Å². The molecule has 0 unspecified atom stereocenters. The molecule has 0 aliphatic rings. The molecule has 5 nitrogen and oxygen atoms in total. The molecule has 0 spiro atoms. The fourth-order valence-electron chi connectivity index (χ4n) is 0.800. The van der Waals surface area contributed by atoms with Gasteiger partial charge in [0.1, 0.15) is 0 Å². The van der Waals surface area contributed by atoms with Crippen molar-refractivity contribution in [3.63, 3.8) is 0 Å². The number of rotatable bonds is 5. The van der Waals surface area contributed by atoms with E-state index in [-0.39, 0.29) is 6.61 Å². The molecular formula is C9H13F3O5S. The summed E-state index contributed by atoms with van der Waals surface area (Å²) in [6.07, 6.45) is 0.932. The molecule has 0 fully saturated rings. The van der Waals surface area contributed by atoms with Crippen molar-refractivity contribution in [3.05, 3.63) is 11.8 Å². The molecule has 0 radical (unpaired) electrons. The van der Waals surface area contributed by atoms with Crippen molar-refractivity contribution >= 4 is 16.1 Å². The quantitative estimate of drug-likeness (QED) is 0.254. The third-order valence-corrected chi connectivity index (χ3v) is 2.41. The zero-order valence-corrected chi connectivity index (χ0v) is 10.8. The lowest BCUT2D eigenvalue weighted by Gasteiger charge is -2.12. The second-order valence-corrected chi connectivity index (χ2v) is 5.02. The normalized spacial score (nSPS) is 13.6. The highest BCUT2D eigenvalue weighted by Gasteiger charge is 2.49. The van der Waals surface area contributed by atoms with Crippen LogP contribution in [0.1, 0.15) is 20.8 Å². The Morgan fingerprint density at radius 1 is 1.33 bits per heavy atom. The minimum absolute atomic E-state index is 0.121. The molecule has 0 rings (SSSR count). The number of allylic oxidation sites excluding steroid dienone is 1. The molecule has 0 aromatic heterocycles. The van der Waals surface area contributed by atoms with Crippen LogP contribution in [0.4, 0.5) is 13.2 Å². The number of carbonyl (C=O) groups excluding carboxylic acids is 1. The summed E-state index contributed by atoms with van der Waals surface area (Å²) in [4.78, 5) is 11.2. The van der Waals surface area contributed by atoms with Gasteiger partial charge in [-0.3, -0.25) is 0 Å². The lowest BCUT2D eigenvalue weighted by Crippen LogP contribution is -2.27. The molecular weight excluding hydrogens is 277 g/mol. The smallest absolute Gasteiger partial charge is 0.460 e. The maximum atomic E-state index is 12.1. The average Bonchev–Trinajstić information content (AvgIpc) is 2.14. The number of hydrogen-bond donors (Lipinski definition) is 0. The predicted molar refractivity (Wildman–Crippen MR) is 55.6 cm³/mol. The van der Waals surface area contributed by atoms with Gasteiger partial charge in [-0.15, -0.1) is 0 Å². The first-order chi connectivity index (χ1) is 8.01. The third-order valence-electron chi connectivity index (χ3n) is 1.44. The third kappa shape index (κ3) is 4.94. The van der Waals surface area contributed by atoms with E-state index in [1.807, 2.05) is 0 Å². The van der Waals surface area contributed by atoms with Gasteiger partial charge in [-0.1, -0.05) is 13.8 Å². The Morgan fingerprint density at radius 2 is 1.83 bits per heavy atom. The van der Waals surface area contributed by atoms with E-state index in [2.05, 4.69) is 8.92 Å². The number of alkyl halides is 3. The summed E-state index contributed by atoms with van der Waals surface area (Å²) in [5.41, 5.74) is -5.60. The molecule has 0 aromatic carbocycles. The number of carbonyl (C=O) groups is 1. The largest absolute Gasteiger partial charge is 0.534 e. The second-order valence-electron chi connectivity index (χ2n) is 3.48. The Balaban J connectivity index is 5.23. The van der Waals surface area contributed by atoms with Crippen LogP contribution in [-0.2, 0) is 23.8 Å². The fraction of sp³-hybridized carbons (Fsp3) is 0.667. The van der Waals surface area contributed by atoms with E-state index >= 15 is 0 Å². The van der Waals surface area contributed by atoms with Crippen molar-refractivity contribution in [1.29, 1.82) is 0 Å². The Labute approximate surface area is 103 Å². The molecule has 0 N–H and O–H groups in total. The van der Waals surface area contributed by atoms with Crippen LogP contribution < -0.4 is 0 Å². The van der Waals surface area contributed by atoms with Crippen molar-refractivity contribution in [1.82, 2.24) is 0 Å². The molecule has 0 heterocycles. The minimum atomic E-state index is -5.88. The van der Waals surface area contributed by atoms with Gasteiger partial charge < -0.3 is 8.92 Å². The van der Waals surface area contributed by atoms with Gasteiger partial charge in [-0.25, -0.2) is 4.79 Å². The SMILES string of the molecule is CCOC(=O)C(=CC(C)C)OS(=O)(=O)C(F)(F)F. The summed E-state index contributed by atoms with van der Waals surface area (Å²) in [7, 11) is -5.88. The predicted octanol–water partition coefficient (Wildman–Crippen LogP) is 1.96. The lowest BCUT2D eigenvalue weighted by atomic mass is 10.2. The van der Waals surface area contributed by atoms with Crippen molar-refractivity contribution in [2.24, 2.45) is 5.92 Å². The second kappa shape index (κ2) is 6.07. The van der Waals surface area contributed by atoms with Crippen LogP contribution in [0.2, 0.25) is 0 Å². The Hall–Kier alpha value is -1.25. The molecule has 0 saturated heterocycles. The first-order valence-electron chi connectivity index (χ1n) is 4.91. The van der Waals surface area contributed by atoms with E-state index < -0.39 is 33.3 Å². The molecule has 0 amide bonds. The lowest BCUT2D eigenvalue weighted by molar-refractivity contribution is -0.141. The van der Waals surface area contributed by atoms with Crippen LogP contribution in [0.5, 0.6) is 0 Å². The van der Waals surface area contributed by atoms with Crippen molar-refractivity contribution in [3.8, 4) is 0 Å². The number of ether oxygens (including phenoxy) is 1. The van der Waals surface area contributed by atoms with Crippen LogP contribution in [-0.4, -0.2) is 26.5 Å². The zero-order chi connectivity index (χ0) is 14.6. The molecule has 9 heteroatoms. The number of halogens is 3. The molecule has 0 bridgehead atoms. The van der Waals surface area contributed by atoms with Gasteiger partial charge >= 0.3 is 21.6 Å². The maximum absolute atomic E-state index is 12.1. The molecule has 0 saturated carbocycles. The van der Waals surface area contributed by atoms with Gasteiger partial charge in [0.25, 0.3) is 0 Å². The van der Waals surface area contributed by atoms with Gasteiger partial charge in [-0.2, -0.15) is 21.6 Å². The summed E-state index contributed by atoms with van der Waals surface area (Å²) in [5.74, 6) is -2.66. The number of esters is 1. The Kier molecular flexibility index (Phi) is 5.65. The van der Waals surface area contributed by atoms with Gasteiger partial charge in [0.2, 0.25) is 5.76 Å². The molecule has 18 heavy (non-hydrogen) atoms. The summed E-state index contributed by atoms with van der Waals surface area (Å²) in [6.45, 7) is 4.36. The Morgan fingerprint density at radius 3 is 2.17 bits per heavy atom. The molecule has 0 aliphatic heterocycles. The Bertz CT molecular complexity index is 422. The van der Waals surface area contributed by atoms with E-state index in [0.717, 1.165) is 6.08 Å². The van der Waals surface area contributed by atoms with Crippen molar-refractivity contribution < 1.29 is 35.3 Å². The van der Waals surface area contributed by atoms with E-state index in [4.69, 9.17) is 0 Å². The summed E-state index contributed by atoms with van der Waals surface area (Å²) >= 11 is 0. The van der Waals surface area contributed by atoms with Crippen LogP contribution >= 0.6 is 0 Å². The van der Waals surface area contributed by atoms with E-state index in [1.54, 1.807) is 0 Å². The fourth-order valence-corrected chi connectivity index (χ4v) is 1.25. The van der Waals surface area contributed by atoms with E-state index in [9.17, 15) is 26.4 Å². The topological polar surface area (TPSA) is 69.7 Å². The summed E-state index contributed by atoms with van der Waals surface area (Å²) < 4.78 is 65.9. The highest BCUT2D eigenvalue weighted by molar-refractivity contribution is 7.87. The standard InChI is InChI=1S/C9H13F3O5S/c1-4-16-8(13)7(5-6(2)3)17-18(14,15)9(10,11)12/h5-6H,4H2,1-3H3. The highest BCUT2D eigenvalue weighted by atomic mass is 32.2. The van der Waals surface area contributed by atoms with Crippen LogP contribution in [0.3, 0.4) is 0 Å². The van der Waals surface area contributed by atoms with E-state index in [0.29, 0.717) is 0 Å². The van der Waals surface area contributed by atoms with Crippen LogP contribution in [0, 0.1) is 5.92 Å². The first-order valence-corrected chi connectivity index (χ1v) is 6.31. The average molecular weight is 290 g/mol. The monoisotopic (exact) mass is 290 g/mol. The molecule has 0 atom stereocenters. The highest BCUT2D eigenvalue weighted by Crippen LogP contribution is 2.27. The first kappa shape index (κ1) is 16.8.